The monoisotopic (exact) mass is 295 g/mol. The van der Waals surface area contributed by atoms with Crippen molar-refractivity contribution in [2.45, 2.75) is 31.3 Å². The Balaban J connectivity index is 0.00000133. The number of rotatable bonds is 4. The minimum absolute atomic E-state index is 0. The fourth-order valence-corrected chi connectivity index (χ4v) is 3.14. The van der Waals surface area contributed by atoms with Gasteiger partial charge in [-0.1, -0.05) is 30.3 Å². The second kappa shape index (κ2) is 5.90. The van der Waals surface area contributed by atoms with Gasteiger partial charge in [0, 0.05) is 23.2 Å². The average molecular weight is 296 g/mol. The van der Waals surface area contributed by atoms with Gasteiger partial charge < -0.3 is 11.1 Å². The fraction of sp³-hybridized carbons (Fsp3) is 0.357. The molecule has 3 N–H and O–H groups in total. The van der Waals surface area contributed by atoms with Gasteiger partial charge in [-0.05, 0) is 24.8 Å². The van der Waals surface area contributed by atoms with Gasteiger partial charge in [0.25, 0.3) is 0 Å². The standard InChI is InChI=1S/C14H17N3S.ClH/c15-13-16-9-12(18-13)10-17-14(7-4-8-14)11-5-2-1-3-6-11;/h1-3,5-6,9,17H,4,7-8,10H2,(H2,15,16);1H. The summed E-state index contributed by atoms with van der Waals surface area (Å²) in [7, 11) is 0. The van der Waals surface area contributed by atoms with Crippen LogP contribution in [0.4, 0.5) is 5.13 Å². The molecule has 2 aromatic rings. The Morgan fingerprint density at radius 3 is 2.53 bits per heavy atom. The normalized spacial score (nSPS) is 16.4. The Bertz CT molecular complexity index is 522. The third-order valence-corrected chi connectivity index (χ3v) is 4.53. The van der Waals surface area contributed by atoms with Crippen molar-refractivity contribution in [2.75, 3.05) is 5.73 Å². The van der Waals surface area contributed by atoms with Crippen molar-refractivity contribution in [1.29, 1.82) is 0 Å². The highest BCUT2D eigenvalue weighted by molar-refractivity contribution is 7.15. The Morgan fingerprint density at radius 1 is 1.26 bits per heavy atom. The van der Waals surface area contributed by atoms with Crippen LogP contribution in [0.1, 0.15) is 29.7 Å². The minimum Gasteiger partial charge on any atom is -0.375 e. The van der Waals surface area contributed by atoms with E-state index >= 15 is 0 Å². The highest BCUT2D eigenvalue weighted by atomic mass is 35.5. The van der Waals surface area contributed by atoms with Crippen LogP contribution in [0.25, 0.3) is 0 Å². The molecule has 102 valence electrons. The van der Waals surface area contributed by atoms with Gasteiger partial charge in [-0.2, -0.15) is 0 Å². The predicted octanol–water partition coefficient (Wildman–Crippen LogP) is 3.32. The molecule has 1 aliphatic carbocycles. The highest BCUT2D eigenvalue weighted by Gasteiger charge is 2.37. The van der Waals surface area contributed by atoms with Crippen molar-refractivity contribution in [2.24, 2.45) is 0 Å². The van der Waals surface area contributed by atoms with E-state index in [0.717, 1.165) is 6.54 Å². The molecule has 1 saturated carbocycles. The number of hydrogen-bond acceptors (Lipinski definition) is 4. The van der Waals surface area contributed by atoms with Crippen LogP contribution in [0.15, 0.2) is 36.5 Å². The molecule has 0 amide bonds. The minimum atomic E-state index is 0. The van der Waals surface area contributed by atoms with Crippen LogP contribution in [0, 0.1) is 0 Å². The Labute approximate surface area is 123 Å². The zero-order valence-electron chi connectivity index (χ0n) is 10.6. The number of nitrogens with one attached hydrogen (secondary N) is 1. The van der Waals surface area contributed by atoms with Gasteiger partial charge >= 0.3 is 0 Å². The molecule has 0 atom stereocenters. The molecule has 1 aromatic heterocycles. The van der Waals surface area contributed by atoms with Crippen LogP contribution < -0.4 is 11.1 Å². The largest absolute Gasteiger partial charge is 0.375 e. The number of thiazole rings is 1. The number of nitrogens with zero attached hydrogens (tertiary/aromatic N) is 1. The van der Waals surface area contributed by atoms with E-state index in [4.69, 9.17) is 5.73 Å². The van der Waals surface area contributed by atoms with E-state index in [-0.39, 0.29) is 17.9 Å². The molecule has 0 unspecified atom stereocenters. The number of nitrogen functional groups attached to an aromatic ring is 1. The summed E-state index contributed by atoms with van der Waals surface area (Å²) in [5.41, 5.74) is 7.22. The van der Waals surface area contributed by atoms with Gasteiger partial charge in [-0.3, -0.25) is 0 Å². The van der Waals surface area contributed by atoms with Gasteiger partial charge in [0.2, 0.25) is 0 Å². The quantitative estimate of drug-likeness (QED) is 0.910. The van der Waals surface area contributed by atoms with Crippen molar-refractivity contribution < 1.29 is 0 Å². The summed E-state index contributed by atoms with van der Waals surface area (Å²) in [5, 5.41) is 4.34. The molecular weight excluding hydrogens is 278 g/mol. The maximum atomic E-state index is 5.66. The zero-order valence-corrected chi connectivity index (χ0v) is 12.3. The first-order valence-corrected chi connectivity index (χ1v) is 7.11. The van der Waals surface area contributed by atoms with E-state index in [9.17, 15) is 0 Å². The molecule has 0 bridgehead atoms. The number of nitrogens with two attached hydrogens (primary N) is 1. The van der Waals surface area contributed by atoms with Gasteiger partial charge in [-0.15, -0.1) is 23.7 Å². The molecule has 0 aliphatic heterocycles. The molecular formula is C14H18ClN3S. The van der Waals surface area contributed by atoms with Crippen molar-refractivity contribution >= 4 is 28.9 Å². The lowest BCUT2D eigenvalue weighted by molar-refractivity contribution is 0.184. The molecule has 3 nitrogen and oxygen atoms in total. The topological polar surface area (TPSA) is 50.9 Å². The van der Waals surface area contributed by atoms with Crippen LogP contribution >= 0.6 is 23.7 Å². The number of aromatic nitrogens is 1. The molecule has 0 spiro atoms. The van der Waals surface area contributed by atoms with Crippen molar-refractivity contribution in [3.8, 4) is 0 Å². The molecule has 0 saturated heterocycles. The molecule has 1 heterocycles. The number of hydrogen-bond donors (Lipinski definition) is 2. The Morgan fingerprint density at radius 2 is 2.00 bits per heavy atom. The molecule has 0 radical (unpaired) electrons. The second-order valence-electron chi connectivity index (χ2n) is 4.82. The summed E-state index contributed by atoms with van der Waals surface area (Å²) < 4.78 is 0. The smallest absolute Gasteiger partial charge is 0.180 e. The Hall–Kier alpha value is -1.10. The predicted molar refractivity (Wildman–Crippen MR) is 82.6 cm³/mol. The zero-order chi connectivity index (χ0) is 12.4. The van der Waals surface area contributed by atoms with Crippen LogP contribution in [-0.4, -0.2) is 4.98 Å². The molecule has 1 aromatic carbocycles. The van der Waals surface area contributed by atoms with E-state index < -0.39 is 0 Å². The van der Waals surface area contributed by atoms with Crippen LogP contribution in [-0.2, 0) is 12.1 Å². The third kappa shape index (κ3) is 2.91. The van der Waals surface area contributed by atoms with Crippen LogP contribution in [0.2, 0.25) is 0 Å². The first-order valence-electron chi connectivity index (χ1n) is 6.29. The lowest BCUT2D eigenvalue weighted by Crippen LogP contribution is -2.47. The lowest BCUT2D eigenvalue weighted by atomic mass is 9.72. The van der Waals surface area contributed by atoms with Crippen LogP contribution in [0.5, 0.6) is 0 Å². The van der Waals surface area contributed by atoms with Crippen molar-refractivity contribution in [3.05, 3.63) is 47.0 Å². The first-order chi connectivity index (χ1) is 8.78. The summed E-state index contributed by atoms with van der Waals surface area (Å²) >= 11 is 1.56. The van der Waals surface area contributed by atoms with Gasteiger partial charge in [0.05, 0.1) is 0 Å². The van der Waals surface area contributed by atoms with E-state index in [2.05, 4.69) is 40.6 Å². The van der Waals surface area contributed by atoms with E-state index in [1.54, 1.807) is 11.3 Å². The molecule has 5 heteroatoms. The van der Waals surface area contributed by atoms with Crippen molar-refractivity contribution in [3.63, 3.8) is 0 Å². The number of halogens is 1. The summed E-state index contributed by atoms with van der Waals surface area (Å²) in [6, 6.07) is 10.7. The maximum Gasteiger partial charge on any atom is 0.180 e. The first kappa shape index (κ1) is 14.3. The van der Waals surface area contributed by atoms with E-state index in [1.807, 2.05) is 6.20 Å². The Kier molecular flexibility index (Phi) is 4.45. The van der Waals surface area contributed by atoms with E-state index in [1.165, 1.54) is 29.7 Å². The van der Waals surface area contributed by atoms with Gasteiger partial charge in [0.1, 0.15) is 0 Å². The number of benzene rings is 1. The molecule has 19 heavy (non-hydrogen) atoms. The van der Waals surface area contributed by atoms with Crippen LogP contribution in [0.3, 0.4) is 0 Å². The average Bonchev–Trinajstić information content (AvgIpc) is 2.75. The molecule has 3 rings (SSSR count). The molecule has 1 aliphatic rings. The highest BCUT2D eigenvalue weighted by Crippen LogP contribution is 2.41. The summed E-state index contributed by atoms with van der Waals surface area (Å²) in [4.78, 5) is 5.29. The van der Waals surface area contributed by atoms with Gasteiger partial charge in [-0.25, -0.2) is 4.98 Å². The SMILES string of the molecule is Cl.Nc1ncc(CNC2(c3ccccc3)CCC2)s1. The van der Waals surface area contributed by atoms with E-state index in [0.29, 0.717) is 5.13 Å². The summed E-state index contributed by atoms with van der Waals surface area (Å²) in [6.45, 7) is 0.851. The molecule has 1 fully saturated rings. The third-order valence-electron chi connectivity index (χ3n) is 3.71. The lowest BCUT2D eigenvalue weighted by Gasteiger charge is -2.43. The summed E-state index contributed by atoms with van der Waals surface area (Å²) in [5.74, 6) is 0. The second-order valence-corrected chi connectivity index (χ2v) is 5.97. The maximum absolute atomic E-state index is 5.66. The van der Waals surface area contributed by atoms with Gasteiger partial charge in [0.15, 0.2) is 5.13 Å². The number of anilines is 1. The summed E-state index contributed by atoms with van der Waals surface area (Å²) in [6.07, 6.45) is 5.59. The van der Waals surface area contributed by atoms with Crippen molar-refractivity contribution in [1.82, 2.24) is 10.3 Å². The fourth-order valence-electron chi connectivity index (χ4n) is 2.52.